The summed E-state index contributed by atoms with van der Waals surface area (Å²) in [5.74, 6) is -1.44. The van der Waals surface area contributed by atoms with Crippen molar-refractivity contribution >= 4 is 27.7 Å². The fraction of sp³-hybridized carbons (Fsp3) is 0.154. The number of nitrogens with zero attached hydrogens (tertiary/aromatic N) is 3. The van der Waals surface area contributed by atoms with Crippen molar-refractivity contribution in [3.8, 4) is 5.88 Å². The van der Waals surface area contributed by atoms with Crippen LogP contribution in [0.4, 0.5) is 29.6 Å². The molecule has 29 heavy (non-hydrogen) atoms. The molecule has 0 unspecified atom stereocenters. The zero-order chi connectivity index (χ0) is 21.1. The van der Waals surface area contributed by atoms with Crippen LogP contribution in [-0.4, -0.2) is 36.4 Å². The summed E-state index contributed by atoms with van der Waals surface area (Å²) in [5, 5.41) is 12.6. The Morgan fingerprint density at radius 2 is 1.90 bits per heavy atom. The van der Waals surface area contributed by atoms with Crippen LogP contribution in [0, 0.1) is 10.1 Å². The molecule has 16 heteroatoms. The number of benzene rings is 1. The van der Waals surface area contributed by atoms with Crippen LogP contribution in [-0.2, 0) is 16.2 Å². The van der Waals surface area contributed by atoms with Gasteiger partial charge in [-0.05, 0) is 6.07 Å². The van der Waals surface area contributed by atoms with E-state index in [9.17, 15) is 36.5 Å². The van der Waals surface area contributed by atoms with Crippen LogP contribution in [0.5, 0.6) is 5.88 Å². The van der Waals surface area contributed by atoms with Gasteiger partial charge in [-0.3, -0.25) is 15.4 Å². The van der Waals surface area contributed by atoms with Crippen LogP contribution in [0.15, 0.2) is 35.2 Å². The number of amides is 2. The third-order valence-electron chi connectivity index (χ3n) is 3.01. The van der Waals surface area contributed by atoms with Gasteiger partial charge in [0.15, 0.2) is 10.6 Å². The molecule has 2 aromatic rings. The van der Waals surface area contributed by atoms with Crippen molar-refractivity contribution in [3.63, 3.8) is 0 Å². The molecule has 2 amide bonds. The number of anilines is 1. The first-order valence-corrected chi connectivity index (χ1v) is 8.50. The van der Waals surface area contributed by atoms with Gasteiger partial charge in [0.1, 0.15) is 0 Å². The fourth-order valence-electron chi connectivity index (χ4n) is 1.87. The minimum atomic E-state index is -4.89. The minimum Gasteiger partial charge on any atom is -1.00 e. The maximum Gasteiger partial charge on any atom is 1.00 e. The van der Waals surface area contributed by atoms with Crippen LogP contribution >= 0.6 is 0 Å². The topological polar surface area (TPSA) is 153 Å². The predicted octanol–water partition coefficient (Wildman–Crippen LogP) is -0.961. The number of ether oxygens (including phenoxy) is 1. The van der Waals surface area contributed by atoms with Gasteiger partial charge in [-0.1, -0.05) is 12.1 Å². The Morgan fingerprint density at radius 3 is 2.45 bits per heavy atom. The summed E-state index contributed by atoms with van der Waals surface area (Å²) in [4.78, 5) is 27.5. The number of hydrogen-bond acceptors (Lipinski definition) is 8. The Labute approximate surface area is 184 Å². The first-order valence-electron chi connectivity index (χ1n) is 7.01. The smallest absolute Gasteiger partial charge is 1.00 e. The minimum absolute atomic E-state index is 0. The molecule has 0 saturated heterocycles. The van der Waals surface area contributed by atoms with Gasteiger partial charge < -0.3 is 6.16 Å². The summed E-state index contributed by atoms with van der Waals surface area (Å²) in [6.07, 6.45) is -4.89. The predicted molar refractivity (Wildman–Crippen MR) is 87.1 cm³/mol. The van der Waals surface area contributed by atoms with Gasteiger partial charge in [-0.25, -0.2) is 22.9 Å². The number of sulfonamides is 1. The number of hydrogen-bond donors (Lipinski definition) is 2. The fourth-order valence-corrected chi connectivity index (χ4v) is 2.95. The van der Waals surface area contributed by atoms with Crippen molar-refractivity contribution < 1.29 is 67.0 Å². The molecule has 2 rings (SSSR count). The molecular formula is C13H11F3N5NaO6S. The van der Waals surface area contributed by atoms with Crippen molar-refractivity contribution in [2.45, 2.75) is 11.1 Å². The van der Waals surface area contributed by atoms with E-state index in [0.29, 0.717) is 6.07 Å². The van der Waals surface area contributed by atoms with E-state index < -0.39 is 55.3 Å². The summed E-state index contributed by atoms with van der Waals surface area (Å²) >= 11 is 0. The molecule has 0 aliphatic carbocycles. The number of methoxy groups -OCH3 is 1. The van der Waals surface area contributed by atoms with Crippen molar-refractivity contribution in [3.05, 3.63) is 46.1 Å². The van der Waals surface area contributed by atoms with Gasteiger partial charge in [0.2, 0.25) is 11.8 Å². The maximum absolute atomic E-state index is 12.8. The van der Waals surface area contributed by atoms with E-state index in [4.69, 9.17) is 0 Å². The molecule has 0 atom stereocenters. The molecule has 0 radical (unpaired) electrons. The average molecular weight is 445 g/mol. The van der Waals surface area contributed by atoms with Crippen molar-refractivity contribution in [1.29, 1.82) is 0 Å². The quantitative estimate of drug-likeness (QED) is 0.339. The summed E-state index contributed by atoms with van der Waals surface area (Å²) in [7, 11) is -3.70. The Kier molecular flexibility index (Phi) is 7.90. The second-order valence-corrected chi connectivity index (χ2v) is 6.55. The number of para-hydroxylation sites is 1. The summed E-state index contributed by atoms with van der Waals surface area (Å²) in [5.41, 5.74) is -2.25. The number of halogens is 3. The number of aromatic nitrogens is 2. The summed E-state index contributed by atoms with van der Waals surface area (Å²) < 4.78 is 68.8. The zero-order valence-electron chi connectivity index (χ0n) is 15.7. The third kappa shape index (κ3) is 6.25. The van der Waals surface area contributed by atoms with E-state index in [-0.39, 0.29) is 31.0 Å². The van der Waals surface area contributed by atoms with Crippen molar-refractivity contribution in [1.82, 2.24) is 14.7 Å². The number of carbonyl (C=O) groups is 1. The van der Waals surface area contributed by atoms with Gasteiger partial charge in [-0.2, -0.15) is 18.2 Å². The number of nitro groups is 1. The number of alkyl halides is 3. The van der Waals surface area contributed by atoms with Gasteiger partial charge >= 0.3 is 41.8 Å². The molecule has 1 heterocycles. The van der Waals surface area contributed by atoms with Gasteiger partial charge in [0, 0.05) is 12.1 Å². The number of nitrogens with one attached hydrogen (secondary N) is 2. The molecule has 1 aromatic carbocycles. The number of rotatable bonds is 5. The third-order valence-corrected chi connectivity index (χ3v) is 4.38. The summed E-state index contributed by atoms with van der Waals surface area (Å²) in [6, 6.07) is 3.08. The van der Waals surface area contributed by atoms with E-state index in [1.54, 1.807) is 5.32 Å². The monoisotopic (exact) mass is 445 g/mol. The first-order chi connectivity index (χ1) is 12.9. The second kappa shape index (κ2) is 9.34. The SMILES string of the molecule is COc1cc(C(F)(F)F)nc(NC(=O)NS(=O)(=O)c2ccccc2[N+](=O)[O-])n1.[H-].[Na+]. The largest absolute Gasteiger partial charge is 1.00 e. The average Bonchev–Trinajstić information content (AvgIpc) is 2.60. The molecule has 0 spiro atoms. The van der Waals surface area contributed by atoms with E-state index in [2.05, 4.69) is 14.7 Å². The van der Waals surface area contributed by atoms with Crippen LogP contribution < -0.4 is 44.3 Å². The first kappa shape index (κ1) is 24.5. The van der Waals surface area contributed by atoms with Gasteiger partial charge in [-0.15, -0.1) is 0 Å². The van der Waals surface area contributed by atoms with E-state index in [1.807, 2.05) is 0 Å². The van der Waals surface area contributed by atoms with Crippen LogP contribution in [0.25, 0.3) is 0 Å². The van der Waals surface area contributed by atoms with Crippen molar-refractivity contribution in [2.24, 2.45) is 0 Å². The Balaban J connectivity index is 0.00000420. The second-order valence-electron chi connectivity index (χ2n) is 4.90. The zero-order valence-corrected chi connectivity index (χ0v) is 17.5. The molecule has 0 aliphatic rings. The molecule has 0 fully saturated rings. The molecular weight excluding hydrogens is 434 g/mol. The molecule has 0 saturated carbocycles. The van der Waals surface area contributed by atoms with Crippen LogP contribution in [0.1, 0.15) is 7.12 Å². The van der Waals surface area contributed by atoms with E-state index in [0.717, 1.165) is 19.2 Å². The standard InChI is InChI=1S/C13H10F3N5O6S.Na.H/c1-27-10-6-9(13(14,15)16)17-11(18-10)19-12(22)20-28(25,26)8-5-3-2-4-7(8)21(23)24;;/h2-6H,1H3,(H2,17,18,19,20,22);;/q;+1;-1. The Hall–Kier alpha value is -2.49. The maximum atomic E-state index is 12.8. The van der Waals surface area contributed by atoms with Crippen LogP contribution in [0.2, 0.25) is 0 Å². The van der Waals surface area contributed by atoms with Crippen molar-refractivity contribution in [2.75, 3.05) is 12.4 Å². The molecule has 0 aliphatic heterocycles. The van der Waals surface area contributed by atoms with Gasteiger partial charge in [0.25, 0.3) is 15.7 Å². The number of carbonyl (C=O) groups excluding carboxylic acids is 1. The van der Waals surface area contributed by atoms with Gasteiger partial charge in [0.05, 0.1) is 12.0 Å². The normalized spacial score (nSPS) is 11.2. The molecule has 2 N–H and O–H groups in total. The summed E-state index contributed by atoms with van der Waals surface area (Å²) in [6.45, 7) is 0. The van der Waals surface area contributed by atoms with E-state index >= 15 is 0 Å². The molecule has 1 aromatic heterocycles. The number of nitro benzene ring substituents is 1. The molecule has 0 bridgehead atoms. The Morgan fingerprint density at radius 1 is 1.28 bits per heavy atom. The van der Waals surface area contributed by atoms with E-state index in [1.165, 1.54) is 16.9 Å². The Bertz CT molecular complexity index is 1040. The molecule has 152 valence electrons. The molecule has 11 nitrogen and oxygen atoms in total. The van der Waals surface area contributed by atoms with Crippen LogP contribution in [0.3, 0.4) is 0 Å². The number of urea groups is 1.